The number of nitrogens with two attached hydrogens (primary N) is 1. The van der Waals surface area contributed by atoms with Gasteiger partial charge in [0.2, 0.25) is 0 Å². The molecule has 1 aromatic heterocycles. The van der Waals surface area contributed by atoms with Gasteiger partial charge in [-0.15, -0.1) is 0 Å². The molecule has 4 N–H and O–H groups in total. The zero-order valence-electron chi connectivity index (χ0n) is 17.8. The van der Waals surface area contributed by atoms with Crippen LogP contribution in [0.1, 0.15) is 47.3 Å². The molecule has 11 heteroatoms. The van der Waals surface area contributed by atoms with Gasteiger partial charge in [-0.2, -0.15) is 4.98 Å². The minimum atomic E-state index is -0.959. The Balaban J connectivity index is 2.09. The molecule has 1 aliphatic rings. The van der Waals surface area contributed by atoms with Gasteiger partial charge in [0.15, 0.2) is 0 Å². The van der Waals surface area contributed by atoms with E-state index in [0.29, 0.717) is 0 Å². The van der Waals surface area contributed by atoms with E-state index in [0.717, 1.165) is 0 Å². The Morgan fingerprint density at radius 2 is 2.10 bits per heavy atom. The molecule has 30 heavy (non-hydrogen) atoms. The molecule has 2 heterocycles. The van der Waals surface area contributed by atoms with Gasteiger partial charge in [-0.05, 0) is 32.8 Å². The minimum absolute atomic E-state index is 0.0731. The summed E-state index contributed by atoms with van der Waals surface area (Å²) in [6.07, 6.45) is -1.63. The van der Waals surface area contributed by atoms with Crippen LogP contribution in [-0.2, 0) is 19.0 Å². The molecule has 0 saturated carbocycles. The van der Waals surface area contributed by atoms with Gasteiger partial charge in [0.25, 0.3) is 0 Å². The van der Waals surface area contributed by atoms with E-state index in [2.05, 4.69) is 10.3 Å². The van der Waals surface area contributed by atoms with Crippen molar-refractivity contribution in [2.45, 2.75) is 71.1 Å². The number of rotatable bonds is 6. The highest BCUT2D eigenvalue weighted by Crippen LogP contribution is 2.30. The number of hydrogen-bond acceptors (Lipinski definition) is 9. The van der Waals surface area contributed by atoms with Gasteiger partial charge in [-0.1, -0.05) is 13.8 Å². The van der Waals surface area contributed by atoms with Gasteiger partial charge in [-0.25, -0.2) is 14.4 Å². The van der Waals surface area contributed by atoms with Crippen molar-refractivity contribution in [2.75, 3.05) is 12.3 Å². The molecule has 4 atom stereocenters. The Labute approximate surface area is 174 Å². The van der Waals surface area contributed by atoms with Crippen molar-refractivity contribution in [3.63, 3.8) is 0 Å². The Morgan fingerprint density at radius 1 is 1.43 bits per heavy atom. The van der Waals surface area contributed by atoms with E-state index in [9.17, 15) is 19.5 Å². The van der Waals surface area contributed by atoms with E-state index >= 15 is 0 Å². The van der Waals surface area contributed by atoms with Crippen molar-refractivity contribution >= 4 is 17.9 Å². The molecular weight excluding hydrogens is 396 g/mol. The lowest BCUT2D eigenvalue weighted by Crippen LogP contribution is -2.48. The maximum absolute atomic E-state index is 12.7. The highest BCUT2D eigenvalue weighted by atomic mass is 16.6. The summed E-state index contributed by atoms with van der Waals surface area (Å²) in [6, 6.07) is 0.483. The molecule has 4 unspecified atom stereocenters. The average Bonchev–Trinajstić information content (AvgIpc) is 3.00. The van der Waals surface area contributed by atoms with Gasteiger partial charge in [-0.3, -0.25) is 4.57 Å². The van der Waals surface area contributed by atoms with E-state index in [1.54, 1.807) is 34.6 Å². The van der Waals surface area contributed by atoms with Crippen LogP contribution >= 0.6 is 0 Å². The van der Waals surface area contributed by atoms with Crippen LogP contribution in [0.15, 0.2) is 17.1 Å². The maximum atomic E-state index is 12.7. The zero-order chi connectivity index (χ0) is 22.6. The second-order valence-corrected chi connectivity index (χ2v) is 8.43. The van der Waals surface area contributed by atoms with E-state index < -0.39 is 54.4 Å². The number of aliphatic hydroxyl groups is 1. The number of nitrogens with zero attached hydrogens (tertiary/aromatic N) is 2. The summed E-state index contributed by atoms with van der Waals surface area (Å²) in [5.74, 6) is -0.894. The SMILES string of the molecule is CC(C)C(NC(=O)OC(C)(C)C)C(=O)OC1CC(n2ccc(N)nc2=O)OC1CO. The predicted octanol–water partition coefficient (Wildman–Crippen LogP) is 0.566. The lowest BCUT2D eigenvalue weighted by Gasteiger charge is -2.26. The Kier molecular flexibility index (Phi) is 7.43. The van der Waals surface area contributed by atoms with Crippen LogP contribution in [0.3, 0.4) is 0 Å². The van der Waals surface area contributed by atoms with Gasteiger partial charge in [0, 0.05) is 12.6 Å². The fraction of sp³-hybridized carbons (Fsp3) is 0.684. The molecule has 1 amide bonds. The molecule has 1 aromatic rings. The van der Waals surface area contributed by atoms with Crippen LogP contribution in [-0.4, -0.2) is 57.2 Å². The van der Waals surface area contributed by atoms with Crippen LogP contribution < -0.4 is 16.7 Å². The summed E-state index contributed by atoms with van der Waals surface area (Å²) in [6.45, 7) is 8.22. The summed E-state index contributed by atoms with van der Waals surface area (Å²) < 4.78 is 17.6. The van der Waals surface area contributed by atoms with Gasteiger partial charge in [0.05, 0.1) is 6.61 Å². The number of anilines is 1. The molecule has 0 bridgehead atoms. The number of aromatic nitrogens is 2. The molecule has 0 radical (unpaired) electrons. The summed E-state index contributed by atoms with van der Waals surface area (Å²) in [5, 5.41) is 12.1. The zero-order valence-corrected chi connectivity index (χ0v) is 17.8. The second kappa shape index (κ2) is 9.43. The molecule has 0 spiro atoms. The van der Waals surface area contributed by atoms with Crippen LogP contribution in [0, 0.1) is 5.92 Å². The molecular formula is C19H30N4O7. The summed E-state index contributed by atoms with van der Waals surface area (Å²) in [4.78, 5) is 40.5. The average molecular weight is 426 g/mol. The van der Waals surface area contributed by atoms with Crippen molar-refractivity contribution in [3.05, 3.63) is 22.7 Å². The maximum Gasteiger partial charge on any atom is 0.408 e. The Hall–Kier alpha value is -2.66. The van der Waals surface area contributed by atoms with Crippen LogP contribution in [0.25, 0.3) is 0 Å². The van der Waals surface area contributed by atoms with Crippen molar-refractivity contribution < 1.29 is 28.9 Å². The Bertz CT molecular complexity index is 818. The van der Waals surface area contributed by atoms with Crippen molar-refractivity contribution in [1.82, 2.24) is 14.9 Å². The molecule has 1 saturated heterocycles. The first-order valence-corrected chi connectivity index (χ1v) is 9.72. The number of esters is 1. The predicted molar refractivity (Wildman–Crippen MR) is 106 cm³/mol. The van der Waals surface area contributed by atoms with E-state index in [-0.39, 0.29) is 18.2 Å². The number of amides is 1. The molecule has 11 nitrogen and oxygen atoms in total. The third-order valence-corrected chi connectivity index (χ3v) is 4.38. The quantitative estimate of drug-likeness (QED) is 0.553. The summed E-state index contributed by atoms with van der Waals surface area (Å²) >= 11 is 0. The van der Waals surface area contributed by atoms with E-state index in [4.69, 9.17) is 19.9 Å². The van der Waals surface area contributed by atoms with Crippen LogP contribution in [0.4, 0.5) is 10.6 Å². The first-order chi connectivity index (χ1) is 13.9. The lowest BCUT2D eigenvalue weighted by molar-refractivity contribution is -0.156. The molecule has 168 valence electrons. The van der Waals surface area contributed by atoms with Crippen molar-refractivity contribution in [3.8, 4) is 0 Å². The van der Waals surface area contributed by atoms with Crippen molar-refractivity contribution in [1.29, 1.82) is 0 Å². The standard InChI is InChI=1S/C19H30N4O7/c1-10(2)15(22-18(27)30-19(3,4)5)16(25)29-11-8-14(28-12(11)9-24)23-7-6-13(20)21-17(23)26/h6-7,10-12,14-15,24H,8-9H2,1-5H3,(H,22,27)(H2,20,21,26). The largest absolute Gasteiger partial charge is 0.458 e. The number of nitrogen functional groups attached to an aromatic ring is 1. The van der Waals surface area contributed by atoms with Crippen molar-refractivity contribution in [2.24, 2.45) is 5.92 Å². The van der Waals surface area contributed by atoms with Gasteiger partial charge in [0.1, 0.15) is 35.9 Å². The molecule has 0 aromatic carbocycles. The monoisotopic (exact) mass is 426 g/mol. The van der Waals surface area contributed by atoms with Gasteiger partial charge >= 0.3 is 17.8 Å². The minimum Gasteiger partial charge on any atom is -0.458 e. The van der Waals surface area contributed by atoms with Crippen LogP contribution in [0.2, 0.25) is 0 Å². The van der Waals surface area contributed by atoms with Crippen LogP contribution in [0.5, 0.6) is 0 Å². The molecule has 0 aliphatic carbocycles. The number of ether oxygens (including phenoxy) is 3. The number of carbonyl (C=O) groups is 2. The summed E-state index contributed by atoms with van der Waals surface area (Å²) in [7, 11) is 0. The van der Waals surface area contributed by atoms with E-state index in [1.165, 1.54) is 16.8 Å². The number of aliphatic hydroxyl groups excluding tert-OH is 1. The first kappa shape index (κ1) is 23.6. The lowest BCUT2D eigenvalue weighted by atomic mass is 10.0. The Morgan fingerprint density at radius 3 is 2.63 bits per heavy atom. The number of hydrogen-bond donors (Lipinski definition) is 3. The fourth-order valence-electron chi connectivity index (χ4n) is 2.96. The number of nitrogens with one attached hydrogen (secondary N) is 1. The smallest absolute Gasteiger partial charge is 0.408 e. The van der Waals surface area contributed by atoms with Gasteiger partial charge < -0.3 is 30.4 Å². The highest BCUT2D eigenvalue weighted by molar-refractivity contribution is 5.81. The molecule has 1 aliphatic heterocycles. The van der Waals surface area contributed by atoms with E-state index in [1.807, 2.05) is 0 Å². The second-order valence-electron chi connectivity index (χ2n) is 8.43. The third kappa shape index (κ3) is 6.17. The fourth-order valence-corrected chi connectivity index (χ4v) is 2.96. The number of carbonyl (C=O) groups excluding carboxylic acids is 2. The molecule has 1 fully saturated rings. The number of alkyl carbamates (subject to hydrolysis) is 1. The highest BCUT2D eigenvalue weighted by Gasteiger charge is 2.40. The summed E-state index contributed by atoms with van der Waals surface area (Å²) in [5.41, 5.74) is 4.16. The first-order valence-electron chi connectivity index (χ1n) is 9.72. The third-order valence-electron chi connectivity index (χ3n) is 4.38. The topological polar surface area (TPSA) is 155 Å². The normalized spacial score (nSPS) is 22.6. The molecule has 2 rings (SSSR count).